The molecule has 2 unspecified atom stereocenters. The maximum absolute atomic E-state index is 11.9. The largest absolute Gasteiger partial charge is 0.493 e. The van der Waals surface area contributed by atoms with Gasteiger partial charge in [0.15, 0.2) is 0 Å². The molecule has 0 bridgehead atoms. The normalized spacial score (nSPS) is 21.3. The molecule has 2 aromatic rings. The minimum atomic E-state index is -0.0995. The zero-order valence-corrected chi connectivity index (χ0v) is 18.2. The molecule has 0 spiro atoms. The van der Waals surface area contributed by atoms with Crippen LogP contribution in [0, 0.1) is 11.3 Å². The lowest BCUT2D eigenvalue weighted by molar-refractivity contribution is -0.143. The molecule has 160 valence electrons. The average molecular weight is 409 g/mol. The van der Waals surface area contributed by atoms with Crippen LogP contribution in [0.4, 0.5) is 5.82 Å². The molecule has 2 atom stereocenters. The predicted molar refractivity (Wildman–Crippen MR) is 118 cm³/mol. The van der Waals surface area contributed by atoms with E-state index in [1.807, 2.05) is 19.1 Å². The molecule has 4 rings (SSSR count). The predicted octanol–water partition coefficient (Wildman–Crippen LogP) is 4.75. The lowest BCUT2D eigenvalue weighted by atomic mass is 10.0. The molecule has 2 heterocycles. The number of ether oxygens (including phenoxy) is 2. The van der Waals surface area contributed by atoms with Gasteiger partial charge in [0.25, 0.3) is 0 Å². The Balaban J connectivity index is 1.34. The standard InChI is InChI=1S/C25H32N2O3/c1-4-29-22(28)16-21-23(25(21,2)3)18-7-5-9-20(15-18)30-14-12-19-11-10-17-8-6-13-26-24(17)27-19/h5,7,9-11,15,21,23H,4,6,8,12-14,16H2,1-3H3,(H,26,27). The fraction of sp³-hybridized carbons (Fsp3) is 0.520. The molecule has 1 aliphatic heterocycles. The number of carbonyl (C=O) groups is 1. The van der Waals surface area contributed by atoms with Crippen molar-refractivity contribution in [1.82, 2.24) is 4.98 Å². The molecule has 1 fully saturated rings. The van der Waals surface area contributed by atoms with Gasteiger partial charge in [-0.2, -0.15) is 0 Å². The van der Waals surface area contributed by atoms with Crippen molar-refractivity contribution >= 4 is 11.8 Å². The van der Waals surface area contributed by atoms with Gasteiger partial charge in [0.2, 0.25) is 0 Å². The summed E-state index contributed by atoms with van der Waals surface area (Å²) in [6, 6.07) is 12.6. The topological polar surface area (TPSA) is 60.5 Å². The smallest absolute Gasteiger partial charge is 0.306 e. The average Bonchev–Trinajstić information content (AvgIpc) is 3.27. The quantitative estimate of drug-likeness (QED) is 0.639. The van der Waals surface area contributed by atoms with E-state index < -0.39 is 0 Å². The third kappa shape index (κ3) is 4.45. The highest BCUT2D eigenvalue weighted by Gasteiger charge is 2.58. The Kier molecular flexibility index (Phi) is 5.98. The van der Waals surface area contributed by atoms with E-state index in [1.54, 1.807) is 0 Å². The summed E-state index contributed by atoms with van der Waals surface area (Å²) in [4.78, 5) is 16.7. The summed E-state index contributed by atoms with van der Waals surface area (Å²) in [5.41, 5.74) is 3.70. The molecule has 1 saturated carbocycles. The lowest BCUT2D eigenvalue weighted by Crippen LogP contribution is -2.14. The SMILES string of the molecule is CCOC(=O)CC1C(c2cccc(OCCc3ccc4c(n3)NCCC4)c2)C1(C)C. The van der Waals surface area contributed by atoms with Crippen LogP contribution in [0.1, 0.15) is 56.4 Å². The first-order valence-corrected chi connectivity index (χ1v) is 11.1. The summed E-state index contributed by atoms with van der Waals surface area (Å²) >= 11 is 0. The van der Waals surface area contributed by atoms with E-state index in [1.165, 1.54) is 17.5 Å². The Morgan fingerprint density at radius 2 is 2.13 bits per heavy atom. The van der Waals surface area contributed by atoms with Crippen LogP contribution >= 0.6 is 0 Å². The van der Waals surface area contributed by atoms with Crippen molar-refractivity contribution < 1.29 is 14.3 Å². The number of aromatic nitrogens is 1. The van der Waals surface area contributed by atoms with Crippen LogP contribution in [0.15, 0.2) is 36.4 Å². The first-order valence-electron chi connectivity index (χ1n) is 11.1. The molecule has 1 N–H and O–H groups in total. The molecular formula is C25H32N2O3. The molecular weight excluding hydrogens is 376 g/mol. The number of rotatable bonds is 8. The van der Waals surface area contributed by atoms with Crippen LogP contribution in [-0.4, -0.2) is 30.7 Å². The van der Waals surface area contributed by atoms with Gasteiger partial charge in [-0.25, -0.2) is 4.98 Å². The molecule has 0 amide bonds. The van der Waals surface area contributed by atoms with E-state index in [-0.39, 0.29) is 11.4 Å². The van der Waals surface area contributed by atoms with Crippen LogP contribution in [0.5, 0.6) is 5.75 Å². The second-order valence-corrected chi connectivity index (χ2v) is 8.93. The minimum absolute atomic E-state index is 0.0995. The van der Waals surface area contributed by atoms with Gasteiger partial charge in [0.1, 0.15) is 11.6 Å². The summed E-state index contributed by atoms with van der Waals surface area (Å²) < 4.78 is 11.2. The Hall–Kier alpha value is -2.56. The van der Waals surface area contributed by atoms with Gasteiger partial charge in [0, 0.05) is 25.1 Å². The molecule has 5 nitrogen and oxygen atoms in total. The monoisotopic (exact) mass is 408 g/mol. The van der Waals surface area contributed by atoms with E-state index >= 15 is 0 Å². The molecule has 0 radical (unpaired) electrons. The first kappa shape index (κ1) is 20.7. The van der Waals surface area contributed by atoms with Gasteiger partial charge < -0.3 is 14.8 Å². The van der Waals surface area contributed by atoms with Gasteiger partial charge in [-0.1, -0.05) is 32.0 Å². The molecule has 1 aromatic heterocycles. The van der Waals surface area contributed by atoms with Crippen LogP contribution in [-0.2, 0) is 22.4 Å². The Labute approximate surface area is 179 Å². The maximum Gasteiger partial charge on any atom is 0.306 e. The second-order valence-electron chi connectivity index (χ2n) is 8.93. The number of nitrogens with one attached hydrogen (secondary N) is 1. The Bertz CT molecular complexity index is 909. The number of benzene rings is 1. The van der Waals surface area contributed by atoms with Gasteiger partial charge in [-0.3, -0.25) is 4.79 Å². The van der Waals surface area contributed by atoms with Crippen molar-refractivity contribution in [3.8, 4) is 5.75 Å². The van der Waals surface area contributed by atoms with Crippen molar-refractivity contribution in [3.05, 3.63) is 53.2 Å². The van der Waals surface area contributed by atoms with Gasteiger partial charge >= 0.3 is 5.97 Å². The number of esters is 1. The first-order chi connectivity index (χ1) is 14.5. The summed E-state index contributed by atoms with van der Waals surface area (Å²) in [7, 11) is 0. The summed E-state index contributed by atoms with van der Waals surface area (Å²) in [6.07, 6.45) is 3.54. The van der Waals surface area contributed by atoms with E-state index in [2.05, 4.69) is 43.4 Å². The van der Waals surface area contributed by atoms with Crippen LogP contribution in [0.3, 0.4) is 0 Å². The number of hydrogen-bond acceptors (Lipinski definition) is 5. The van der Waals surface area contributed by atoms with Crippen molar-refractivity contribution in [3.63, 3.8) is 0 Å². The Morgan fingerprint density at radius 3 is 2.97 bits per heavy atom. The molecule has 1 aliphatic carbocycles. The zero-order chi connectivity index (χ0) is 21.1. The third-order valence-corrected chi connectivity index (χ3v) is 6.54. The highest BCUT2D eigenvalue weighted by Crippen LogP contribution is 2.66. The van der Waals surface area contributed by atoms with Crippen molar-refractivity contribution in [2.24, 2.45) is 11.3 Å². The number of hydrogen-bond donors (Lipinski definition) is 1. The number of nitrogens with zero attached hydrogens (tertiary/aromatic N) is 1. The van der Waals surface area contributed by atoms with Gasteiger partial charge in [-0.15, -0.1) is 0 Å². The molecule has 5 heteroatoms. The van der Waals surface area contributed by atoms with Gasteiger partial charge in [0.05, 0.1) is 13.2 Å². The lowest BCUT2D eigenvalue weighted by Gasteiger charge is -2.17. The number of anilines is 1. The number of aryl methyl sites for hydroxylation is 1. The summed E-state index contributed by atoms with van der Waals surface area (Å²) in [6.45, 7) is 8.34. The van der Waals surface area contributed by atoms with E-state index in [0.717, 1.165) is 36.6 Å². The van der Waals surface area contributed by atoms with Crippen LogP contribution in [0.2, 0.25) is 0 Å². The van der Waals surface area contributed by atoms with E-state index in [4.69, 9.17) is 14.5 Å². The highest BCUT2D eigenvalue weighted by molar-refractivity contribution is 5.71. The van der Waals surface area contributed by atoms with E-state index in [0.29, 0.717) is 31.5 Å². The van der Waals surface area contributed by atoms with Crippen molar-refractivity contribution in [2.75, 3.05) is 25.1 Å². The molecule has 30 heavy (non-hydrogen) atoms. The summed E-state index contributed by atoms with van der Waals surface area (Å²) in [5, 5.41) is 3.39. The van der Waals surface area contributed by atoms with E-state index in [9.17, 15) is 4.79 Å². The van der Waals surface area contributed by atoms with Crippen molar-refractivity contribution in [2.45, 2.75) is 52.4 Å². The summed E-state index contributed by atoms with van der Waals surface area (Å²) in [5.74, 6) is 2.49. The highest BCUT2D eigenvalue weighted by atomic mass is 16.5. The zero-order valence-electron chi connectivity index (χ0n) is 18.2. The van der Waals surface area contributed by atoms with Crippen LogP contribution in [0.25, 0.3) is 0 Å². The number of fused-ring (bicyclic) bond motifs is 1. The van der Waals surface area contributed by atoms with Crippen LogP contribution < -0.4 is 10.1 Å². The van der Waals surface area contributed by atoms with Crippen molar-refractivity contribution in [1.29, 1.82) is 0 Å². The maximum atomic E-state index is 11.9. The number of pyridine rings is 1. The fourth-order valence-corrected chi connectivity index (χ4v) is 4.77. The molecule has 0 saturated heterocycles. The number of carbonyl (C=O) groups excluding carboxylic acids is 1. The Morgan fingerprint density at radius 1 is 1.27 bits per heavy atom. The fourth-order valence-electron chi connectivity index (χ4n) is 4.77. The minimum Gasteiger partial charge on any atom is -0.493 e. The third-order valence-electron chi connectivity index (χ3n) is 6.54. The van der Waals surface area contributed by atoms with Gasteiger partial charge in [-0.05, 0) is 66.3 Å². The molecule has 2 aliphatic rings. The molecule has 1 aromatic carbocycles. The second kappa shape index (κ2) is 8.66.